The molecule has 26 heavy (non-hydrogen) atoms. The number of amides is 1. The van der Waals surface area contributed by atoms with Gasteiger partial charge in [0.15, 0.2) is 5.69 Å². The van der Waals surface area contributed by atoms with Gasteiger partial charge in [0.1, 0.15) is 5.69 Å². The molecule has 0 spiro atoms. The summed E-state index contributed by atoms with van der Waals surface area (Å²) in [6.07, 6.45) is 0. The first-order valence-electron chi connectivity index (χ1n) is 8.20. The van der Waals surface area contributed by atoms with E-state index in [2.05, 4.69) is 15.3 Å². The Balaban J connectivity index is 1.84. The fourth-order valence-corrected chi connectivity index (χ4v) is 2.75. The van der Waals surface area contributed by atoms with Crippen LogP contribution in [0.3, 0.4) is 0 Å². The van der Waals surface area contributed by atoms with Gasteiger partial charge in [-0.25, -0.2) is 9.97 Å². The van der Waals surface area contributed by atoms with Crippen molar-refractivity contribution in [2.75, 3.05) is 11.1 Å². The van der Waals surface area contributed by atoms with Crippen LogP contribution in [0.1, 0.15) is 10.5 Å². The van der Waals surface area contributed by atoms with Crippen LogP contribution in [0.25, 0.3) is 22.3 Å². The summed E-state index contributed by atoms with van der Waals surface area (Å²) < 4.78 is 0. The zero-order chi connectivity index (χ0) is 17.9. The Bertz CT molecular complexity index is 1090. The van der Waals surface area contributed by atoms with Crippen LogP contribution in [0, 0.1) is 0 Å². The molecule has 1 aromatic heterocycles. The van der Waals surface area contributed by atoms with Crippen molar-refractivity contribution in [3.63, 3.8) is 0 Å². The molecule has 126 valence electrons. The SMILES string of the molecule is Nc1ccccc1NC(=O)c1nc2ccccc2nc1-c1ccccc1. The highest BCUT2D eigenvalue weighted by atomic mass is 16.1. The average molecular weight is 340 g/mol. The molecule has 0 aliphatic heterocycles. The van der Waals surface area contributed by atoms with E-state index in [4.69, 9.17) is 5.73 Å². The lowest BCUT2D eigenvalue weighted by atomic mass is 10.1. The van der Waals surface area contributed by atoms with Gasteiger partial charge in [0.2, 0.25) is 0 Å². The topological polar surface area (TPSA) is 80.9 Å². The van der Waals surface area contributed by atoms with Crippen LogP contribution < -0.4 is 11.1 Å². The quantitative estimate of drug-likeness (QED) is 0.549. The Morgan fingerprint density at radius 1 is 0.769 bits per heavy atom. The fourth-order valence-electron chi connectivity index (χ4n) is 2.75. The molecule has 3 N–H and O–H groups in total. The van der Waals surface area contributed by atoms with E-state index in [0.717, 1.165) is 11.1 Å². The smallest absolute Gasteiger partial charge is 0.276 e. The van der Waals surface area contributed by atoms with Crippen LogP contribution in [-0.4, -0.2) is 15.9 Å². The van der Waals surface area contributed by atoms with Crippen molar-refractivity contribution < 1.29 is 4.79 Å². The number of hydrogen-bond donors (Lipinski definition) is 2. The zero-order valence-corrected chi connectivity index (χ0v) is 13.9. The molecule has 4 aromatic rings. The highest BCUT2D eigenvalue weighted by Gasteiger charge is 2.18. The molecule has 4 rings (SSSR count). The third-order valence-corrected chi connectivity index (χ3v) is 4.04. The first-order valence-corrected chi connectivity index (χ1v) is 8.20. The molecule has 0 saturated heterocycles. The van der Waals surface area contributed by atoms with E-state index in [-0.39, 0.29) is 11.6 Å². The fraction of sp³-hybridized carbons (Fsp3) is 0. The van der Waals surface area contributed by atoms with Crippen LogP contribution in [0.5, 0.6) is 0 Å². The molecule has 0 unspecified atom stereocenters. The third-order valence-electron chi connectivity index (χ3n) is 4.04. The maximum Gasteiger partial charge on any atom is 0.276 e. The number of nitrogens with two attached hydrogens (primary N) is 1. The van der Waals surface area contributed by atoms with Crippen molar-refractivity contribution in [3.05, 3.63) is 84.6 Å². The molecule has 3 aromatic carbocycles. The number of fused-ring (bicyclic) bond motifs is 1. The van der Waals surface area contributed by atoms with Crippen molar-refractivity contribution in [1.29, 1.82) is 0 Å². The van der Waals surface area contributed by atoms with E-state index >= 15 is 0 Å². The molecule has 5 heteroatoms. The number of aromatic nitrogens is 2. The van der Waals surface area contributed by atoms with Crippen LogP contribution in [-0.2, 0) is 0 Å². The van der Waals surface area contributed by atoms with Gasteiger partial charge in [0.25, 0.3) is 5.91 Å². The zero-order valence-electron chi connectivity index (χ0n) is 13.9. The summed E-state index contributed by atoms with van der Waals surface area (Å²) in [5.74, 6) is -0.347. The van der Waals surface area contributed by atoms with E-state index in [9.17, 15) is 4.79 Å². The summed E-state index contributed by atoms with van der Waals surface area (Å²) in [4.78, 5) is 22.2. The average Bonchev–Trinajstić information content (AvgIpc) is 2.69. The predicted molar refractivity (Wildman–Crippen MR) is 104 cm³/mol. The molecule has 1 heterocycles. The lowest BCUT2D eigenvalue weighted by Gasteiger charge is -2.11. The van der Waals surface area contributed by atoms with Gasteiger partial charge in [-0.1, -0.05) is 54.6 Å². The van der Waals surface area contributed by atoms with Gasteiger partial charge < -0.3 is 11.1 Å². The third kappa shape index (κ3) is 2.98. The largest absolute Gasteiger partial charge is 0.397 e. The van der Waals surface area contributed by atoms with E-state index in [1.807, 2.05) is 66.7 Å². The Labute approximate surface area is 150 Å². The van der Waals surface area contributed by atoms with Gasteiger partial charge in [-0.2, -0.15) is 0 Å². The normalized spacial score (nSPS) is 10.6. The molecular weight excluding hydrogens is 324 g/mol. The molecule has 0 aliphatic carbocycles. The van der Waals surface area contributed by atoms with Crippen molar-refractivity contribution in [2.24, 2.45) is 0 Å². The molecule has 0 saturated carbocycles. The maximum atomic E-state index is 12.9. The Morgan fingerprint density at radius 3 is 2.12 bits per heavy atom. The van der Waals surface area contributed by atoms with E-state index in [0.29, 0.717) is 22.6 Å². The summed E-state index contributed by atoms with van der Waals surface area (Å²) in [7, 11) is 0. The van der Waals surface area contributed by atoms with E-state index in [1.165, 1.54) is 0 Å². The lowest BCUT2D eigenvalue weighted by Crippen LogP contribution is -2.17. The van der Waals surface area contributed by atoms with E-state index < -0.39 is 0 Å². The number of carbonyl (C=O) groups excluding carboxylic acids is 1. The highest BCUT2D eigenvalue weighted by molar-refractivity contribution is 6.08. The number of hydrogen-bond acceptors (Lipinski definition) is 4. The molecule has 0 radical (unpaired) electrons. The summed E-state index contributed by atoms with van der Waals surface area (Å²) in [6, 6.07) is 24.2. The number of nitrogens with one attached hydrogen (secondary N) is 1. The van der Waals surface area contributed by atoms with E-state index in [1.54, 1.807) is 12.1 Å². The van der Waals surface area contributed by atoms with Crippen molar-refractivity contribution >= 4 is 28.3 Å². The summed E-state index contributed by atoms with van der Waals surface area (Å²) >= 11 is 0. The second kappa shape index (κ2) is 6.64. The lowest BCUT2D eigenvalue weighted by molar-refractivity contribution is 0.102. The number of rotatable bonds is 3. The number of para-hydroxylation sites is 4. The number of benzene rings is 3. The molecular formula is C21H16N4O. The first-order chi connectivity index (χ1) is 12.7. The van der Waals surface area contributed by atoms with Crippen LogP contribution >= 0.6 is 0 Å². The maximum absolute atomic E-state index is 12.9. The van der Waals surface area contributed by atoms with Crippen LogP contribution in [0.2, 0.25) is 0 Å². The minimum absolute atomic E-state index is 0.262. The molecule has 5 nitrogen and oxygen atoms in total. The first kappa shape index (κ1) is 15.8. The number of anilines is 2. The van der Waals surface area contributed by atoms with Gasteiger partial charge in [0, 0.05) is 5.56 Å². The minimum atomic E-state index is -0.347. The molecule has 0 bridgehead atoms. The Hall–Kier alpha value is -3.73. The van der Waals surface area contributed by atoms with Gasteiger partial charge in [0.05, 0.1) is 22.4 Å². The monoisotopic (exact) mass is 340 g/mol. The molecule has 0 fully saturated rings. The van der Waals surface area contributed by atoms with Crippen LogP contribution in [0.15, 0.2) is 78.9 Å². The van der Waals surface area contributed by atoms with Crippen LogP contribution in [0.4, 0.5) is 11.4 Å². The summed E-state index contributed by atoms with van der Waals surface area (Å²) in [5, 5.41) is 2.83. The summed E-state index contributed by atoms with van der Waals surface area (Å²) in [5.41, 5.74) is 10.0. The second-order valence-corrected chi connectivity index (χ2v) is 5.82. The van der Waals surface area contributed by atoms with Crippen molar-refractivity contribution in [3.8, 4) is 11.3 Å². The Kier molecular flexibility index (Phi) is 4.03. The summed E-state index contributed by atoms with van der Waals surface area (Å²) in [6.45, 7) is 0. The minimum Gasteiger partial charge on any atom is -0.397 e. The van der Waals surface area contributed by atoms with Crippen molar-refractivity contribution in [2.45, 2.75) is 0 Å². The predicted octanol–water partition coefficient (Wildman–Crippen LogP) is 4.13. The standard InChI is InChI=1S/C21H16N4O/c22-15-10-4-5-11-16(15)25-21(26)20-19(14-8-2-1-3-9-14)23-17-12-6-7-13-18(17)24-20/h1-13H,22H2,(H,25,26). The number of nitrogen functional groups attached to an aromatic ring is 1. The van der Waals surface area contributed by atoms with Gasteiger partial charge in [-0.05, 0) is 24.3 Å². The number of nitrogens with zero attached hydrogens (tertiary/aromatic N) is 2. The number of carbonyl (C=O) groups is 1. The highest BCUT2D eigenvalue weighted by Crippen LogP contribution is 2.25. The van der Waals surface area contributed by atoms with Gasteiger partial charge in [-0.3, -0.25) is 4.79 Å². The molecule has 1 amide bonds. The molecule has 0 aliphatic rings. The Morgan fingerprint density at radius 2 is 1.38 bits per heavy atom. The second-order valence-electron chi connectivity index (χ2n) is 5.82. The van der Waals surface area contributed by atoms with Gasteiger partial charge in [-0.15, -0.1) is 0 Å². The molecule has 0 atom stereocenters. The van der Waals surface area contributed by atoms with Crippen molar-refractivity contribution in [1.82, 2.24) is 9.97 Å². The van der Waals surface area contributed by atoms with Gasteiger partial charge >= 0.3 is 0 Å².